The average molecular weight is 928 g/mol. The van der Waals surface area contributed by atoms with Crippen molar-refractivity contribution in [2.75, 3.05) is 18.0 Å². The molecule has 2 radical (unpaired) electrons. The van der Waals surface area contributed by atoms with E-state index < -0.39 is 11.2 Å². The maximum absolute atomic E-state index is 13.1. The molecule has 0 spiro atoms. The Balaban J connectivity index is 0.00000160. The Hall–Kier alpha value is -1.10. The molecular weight excluding hydrogens is 902 g/mol. The number of aromatic hydroxyl groups is 2. The number of benzene rings is 3. The molecule has 11 heteroatoms. The van der Waals surface area contributed by atoms with Crippen molar-refractivity contribution in [3.8, 4) is 11.5 Å². The van der Waals surface area contributed by atoms with Crippen LogP contribution in [0.15, 0.2) is 31.8 Å². The third-order valence-electron chi connectivity index (χ3n) is 6.83. The SMILES string of the molecule is Cc1cc2c(o1)c(C)c(=O)c1c(O)c([NH-])c3oc4cc(N5CC(C)NC(C)C5)cc(O)c4nc3c12.[Ac].[Ac]. The van der Waals surface area contributed by atoms with Gasteiger partial charge in [-0.15, -0.1) is 0 Å². The summed E-state index contributed by atoms with van der Waals surface area (Å²) in [6, 6.07) is 5.77. The van der Waals surface area contributed by atoms with Crippen LogP contribution in [-0.2, 0) is 0 Å². The van der Waals surface area contributed by atoms with Gasteiger partial charge < -0.3 is 35.0 Å². The van der Waals surface area contributed by atoms with Crippen molar-refractivity contribution in [3.63, 3.8) is 0 Å². The maximum Gasteiger partial charge on any atom is 0.196 e. The first-order valence-electron chi connectivity index (χ1n) is 11.6. The first kappa shape index (κ1) is 28.9. The van der Waals surface area contributed by atoms with Gasteiger partial charge in [-0.3, -0.25) is 4.79 Å². The average Bonchev–Trinajstić information content (AvgIpc) is 3.20. The zero-order chi connectivity index (χ0) is 24.8. The Morgan fingerprint density at radius 2 is 1.68 bits per heavy atom. The number of nitrogens with zero attached hydrogens (tertiary/aromatic N) is 2. The van der Waals surface area contributed by atoms with Gasteiger partial charge in [-0.05, 0) is 33.8 Å². The summed E-state index contributed by atoms with van der Waals surface area (Å²) in [4.78, 5) is 20.0. The van der Waals surface area contributed by atoms with Crippen molar-refractivity contribution in [1.29, 1.82) is 0 Å². The maximum atomic E-state index is 13.1. The summed E-state index contributed by atoms with van der Waals surface area (Å²) in [6.45, 7) is 9.13. The third-order valence-corrected chi connectivity index (χ3v) is 6.83. The van der Waals surface area contributed by atoms with E-state index in [1.165, 1.54) is 0 Å². The van der Waals surface area contributed by atoms with Crippen molar-refractivity contribution in [2.45, 2.75) is 39.8 Å². The van der Waals surface area contributed by atoms with E-state index in [2.05, 4.69) is 29.0 Å². The fourth-order valence-electron chi connectivity index (χ4n) is 5.37. The zero-order valence-electron chi connectivity index (χ0n) is 21.0. The van der Waals surface area contributed by atoms with Crippen LogP contribution in [0, 0.1) is 102 Å². The first-order valence-corrected chi connectivity index (χ1v) is 11.6. The van der Waals surface area contributed by atoms with Crippen LogP contribution in [0.4, 0.5) is 11.4 Å². The van der Waals surface area contributed by atoms with Gasteiger partial charge in [0.2, 0.25) is 0 Å². The van der Waals surface area contributed by atoms with Gasteiger partial charge in [-0.2, -0.15) is 0 Å². The standard InChI is InChI=1S/C26H26N4O5.2Ac/c1-10-8-30(9-11(2)28-10)14-6-16(31)21-17(7-14)35-26-20(27)24(33)19-18(22(26)29-21)15-5-12(3)34-25(15)13(4)23(19)32;;/h5-7,10-11,28H,8-9H2,1-4H3,(H4,27,29,31,32,33);;/p-1. The molecule has 1 aliphatic heterocycles. The molecule has 6 rings (SSSR count). The number of nitrogens with one attached hydrogen (secondary N) is 2. The quantitative estimate of drug-likeness (QED) is 0.120. The molecule has 5 aromatic rings. The number of rotatable bonds is 1. The van der Waals surface area contributed by atoms with Gasteiger partial charge in [-0.25, -0.2) is 4.98 Å². The minimum Gasteiger partial charge on any atom is -0.693 e. The molecule has 4 N–H and O–H groups in total. The smallest absolute Gasteiger partial charge is 0.196 e. The van der Waals surface area contributed by atoms with E-state index in [0.717, 1.165) is 18.8 Å². The van der Waals surface area contributed by atoms with Gasteiger partial charge in [0.05, 0.1) is 5.39 Å². The summed E-state index contributed by atoms with van der Waals surface area (Å²) in [5, 5.41) is 26.3. The molecule has 1 aliphatic rings. The number of fused-ring (bicyclic) bond motifs is 6. The van der Waals surface area contributed by atoms with E-state index in [0.29, 0.717) is 27.7 Å². The normalized spacial score (nSPS) is 17.9. The molecule has 37 heavy (non-hydrogen) atoms. The van der Waals surface area contributed by atoms with Crippen LogP contribution < -0.4 is 15.6 Å². The van der Waals surface area contributed by atoms with Gasteiger partial charge >= 0.3 is 0 Å². The van der Waals surface area contributed by atoms with Gasteiger partial charge in [0.1, 0.15) is 39.5 Å². The van der Waals surface area contributed by atoms with Crippen molar-refractivity contribution in [3.05, 3.63) is 45.5 Å². The number of anilines is 1. The van der Waals surface area contributed by atoms with Crippen LogP contribution in [0.1, 0.15) is 25.2 Å². The van der Waals surface area contributed by atoms with Crippen molar-refractivity contribution in [1.82, 2.24) is 10.3 Å². The van der Waals surface area contributed by atoms with E-state index >= 15 is 0 Å². The number of hydrogen-bond acceptors (Lipinski definition) is 8. The summed E-state index contributed by atoms with van der Waals surface area (Å²) in [5.74, 6) is 0.0717. The Labute approximate surface area is 283 Å². The van der Waals surface area contributed by atoms with Gasteiger partial charge in [0, 0.05) is 147 Å². The summed E-state index contributed by atoms with van der Waals surface area (Å²) >= 11 is 0. The number of piperazine rings is 1. The second-order valence-electron chi connectivity index (χ2n) is 9.60. The van der Waals surface area contributed by atoms with E-state index in [1.54, 1.807) is 32.0 Å². The second kappa shape index (κ2) is 10.5. The summed E-state index contributed by atoms with van der Waals surface area (Å²) in [5.41, 5.74) is 10.1. The predicted molar refractivity (Wildman–Crippen MR) is 136 cm³/mol. The van der Waals surface area contributed by atoms with Crippen LogP contribution in [0.25, 0.3) is 49.7 Å². The monoisotopic (exact) mass is 927 g/mol. The number of phenols is 2. The number of hydrogen-bond donors (Lipinski definition) is 3. The van der Waals surface area contributed by atoms with E-state index in [9.17, 15) is 15.0 Å². The molecule has 1 saturated heterocycles. The molecule has 186 valence electrons. The molecule has 2 unspecified atom stereocenters. The van der Waals surface area contributed by atoms with E-state index in [1.807, 2.05) is 0 Å². The van der Waals surface area contributed by atoms with Crippen LogP contribution in [-0.4, -0.2) is 40.4 Å². The fourth-order valence-corrected chi connectivity index (χ4v) is 5.37. The topological polar surface area (TPSA) is 136 Å². The second-order valence-corrected chi connectivity index (χ2v) is 9.60. The molecule has 0 aliphatic carbocycles. The molecule has 9 nitrogen and oxygen atoms in total. The Bertz CT molecular complexity index is 1750. The van der Waals surface area contributed by atoms with Crippen molar-refractivity contribution < 1.29 is 107 Å². The van der Waals surface area contributed by atoms with Gasteiger partial charge in [0.25, 0.3) is 0 Å². The molecule has 0 saturated carbocycles. The number of phenolic OH excluding ortho intramolecular Hbond substituents is 2. The molecule has 3 aromatic carbocycles. The molecular formula is C26H25Ac2N4O5-. The van der Waals surface area contributed by atoms with Crippen molar-refractivity contribution >= 4 is 55.3 Å². The minimum absolute atomic E-state index is 0. The molecule has 0 amide bonds. The van der Waals surface area contributed by atoms with Gasteiger partial charge in [0.15, 0.2) is 11.0 Å². The Morgan fingerprint density at radius 1 is 1.00 bits per heavy atom. The van der Waals surface area contributed by atoms with Gasteiger partial charge in [-0.1, -0.05) is 5.69 Å². The van der Waals surface area contributed by atoms with Crippen LogP contribution in [0.3, 0.4) is 0 Å². The van der Waals surface area contributed by atoms with Crippen molar-refractivity contribution in [2.24, 2.45) is 0 Å². The van der Waals surface area contributed by atoms with Crippen LogP contribution in [0.2, 0.25) is 0 Å². The Morgan fingerprint density at radius 3 is 2.35 bits per heavy atom. The van der Waals surface area contributed by atoms with Crippen LogP contribution in [0.5, 0.6) is 11.5 Å². The molecule has 1 fully saturated rings. The number of aromatic nitrogens is 1. The minimum atomic E-state index is -0.462. The third kappa shape index (κ3) is 4.57. The largest absolute Gasteiger partial charge is 0.693 e. The molecule has 0 bridgehead atoms. The molecule has 2 aromatic heterocycles. The molecule has 2 atom stereocenters. The summed E-state index contributed by atoms with van der Waals surface area (Å²) in [7, 11) is 0. The summed E-state index contributed by atoms with van der Waals surface area (Å²) < 4.78 is 11.9. The number of furan rings is 1. The zero-order valence-corrected chi connectivity index (χ0v) is 30.5. The van der Waals surface area contributed by atoms with E-state index in [4.69, 9.17) is 14.6 Å². The fraction of sp³-hybridized carbons (Fsp3) is 0.308. The predicted octanol–water partition coefficient (Wildman–Crippen LogP) is 5.14. The van der Waals surface area contributed by atoms with Crippen LogP contribution >= 0.6 is 0 Å². The first-order chi connectivity index (χ1) is 16.6. The molecule has 3 heterocycles. The summed E-state index contributed by atoms with van der Waals surface area (Å²) in [6.07, 6.45) is 0. The Kier molecular flexibility index (Phi) is 8.18. The number of aryl methyl sites for hydroxylation is 2. The van der Waals surface area contributed by atoms with E-state index in [-0.39, 0.29) is 139 Å².